The van der Waals surface area contributed by atoms with Gasteiger partial charge in [-0.1, -0.05) is 11.6 Å². The number of phenolic OH excluding ortho intramolecular Hbond substituents is 1. The number of carbonyl (C=O) groups excluding carboxylic acids is 1. The molecule has 0 fully saturated rings. The van der Waals surface area contributed by atoms with E-state index in [9.17, 15) is 9.90 Å². The topological polar surface area (TPSA) is 69.9 Å². The molecule has 2 aromatic carbocycles. The molecule has 1 aromatic heterocycles. The zero-order valence-corrected chi connectivity index (χ0v) is 17.1. The van der Waals surface area contributed by atoms with E-state index in [-0.39, 0.29) is 11.7 Å². The van der Waals surface area contributed by atoms with E-state index >= 15 is 0 Å². The number of nitrogens with zero attached hydrogens (tertiary/aromatic N) is 3. The smallest absolute Gasteiger partial charge is 0.254 e. The number of aryl methyl sites for hydroxylation is 2. The van der Waals surface area contributed by atoms with Crippen LogP contribution < -0.4 is 5.43 Å². The SMILES string of the molecule is Cc1ccc2c(c1)c1c3n2CCN(CC(=O)N/N=C\c2ccc(O)cc2)[C@H]3CCC1. The number of hydrogen-bond donors (Lipinski definition) is 2. The number of aromatic hydroxyl groups is 1. The lowest BCUT2D eigenvalue weighted by atomic mass is 9.89. The largest absolute Gasteiger partial charge is 0.508 e. The fraction of sp³-hybridized carbons (Fsp3) is 0.333. The second-order valence-corrected chi connectivity index (χ2v) is 8.30. The van der Waals surface area contributed by atoms with Gasteiger partial charge in [-0.15, -0.1) is 0 Å². The van der Waals surface area contributed by atoms with E-state index in [0.29, 0.717) is 12.6 Å². The van der Waals surface area contributed by atoms with Crippen LogP contribution in [0.2, 0.25) is 0 Å². The average Bonchev–Trinajstić information content (AvgIpc) is 3.06. The van der Waals surface area contributed by atoms with E-state index in [2.05, 4.69) is 45.1 Å². The van der Waals surface area contributed by atoms with Gasteiger partial charge in [0.1, 0.15) is 5.75 Å². The van der Waals surface area contributed by atoms with Crippen LogP contribution in [-0.2, 0) is 17.8 Å². The molecule has 0 unspecified atom stereocenters. The molecule has 6 heteroatoms. The summed E-state index contributed by atoms with van der Waals surface area (Å²) in [6.45, 7) is 4.27. The Morgan fingerprint density at radius 1 is 1.23 bits per heavy atom. The van der Waals surface area contributed by atoms with Gasteiger partial charge in [-0.25, -0.2) is 5.43 Å². The Labute approximate surface area is 175 Å². The van der Waals surface area contributed by atoms with Gasteiger partial charge in [0.05, 0.1) is 18.8 Å². The van der Waals surface area contributed by atoms with E-state index in [0.717, 1.165) is 37.9 Å². The Hall–Kier alpha value is -3.12. The predicted octanol–water partition coefficient (Wildman–Crippen LogP) is 3.50. The van der Waals surface area contributed by atoms with E-state index in [4.69, 9.17) is 0 Å². The molecule has 1 atom stereocenters. The lowest BCUT2D eigenvalue weighted by Crippen LogP contribution is -2.44. The molecule has 2 N–H and O–H groups in total. The molecule has 0 spiro atoms. The van der Waals surface area contributed by atoms with Crippen molar-refractivity contribution in [2.24, 2.45) is 5.10 Å². The maximum atomic E-state index is 12.5. The number of fused-ring (bicyclic) bond motifs is 3. The van der Waals surface area contributed by atoms with Gasteiger partial charge in [-0.05, 0) is 73.7 Å². The van der Waals surface area contributed by atoms with Crippen LogP contribution in [0.25, 0.3) is 10.9 Å². The summed E-state index contributed by atoms with van der Waals surface area (Å²) < 4.78 is 2.48. The summed E-state index contributed by atoms with van der Waals surface area (Å²) in [6, 6.07) is 13.7. The first-order chi connectivity index (χ1) is 14.6. The van der Waals surface area contributed by atoms with E-state index in [1.165, 1.54) is 27.7 Å². The molecule has 154 valence electrons. The van der Waals surface area contributed by atoms with Gasteiger partial charge in [-0.2, -0.15) is 5.10 Å². The molecule has 2 heterocycles. The first-order valence-corrected chi connectivity index (χ1v) is 10.6. The molecule has 6 nitrogen and oxygen atoms in total. The molecule has 3 aromatic rings. The Morgan fingerprint density at radius 3 is 2.90 bits per heavy atom. The van der Waals surface area contributed by atoms with Crippen LogP contribution in [0.4, 0.5) is 0 Å². The minimum atomic E-state index is -0.0995. The summed E-state index contributed by atoms with van der Waals surface area (Å²) in [5, 5.41) is 14.8. The van der Waals surface area contributed by atoms with Crippen molar-refractivity contribution in [2.45, 2.75) is 38.8 Å². The Bertz CT molecular complexity index is 1130. The third-order valence-electron chi connectivity index (χ3n) is 6.28. The molecule has 5 rings (SSSR count). The van der Waals surface area contributed by atoms with E-state index in [1.807, 2.05) is 0 Å². The standard InChI is InChI=1S/C24H26N4O2/c1-16-5-10-21-20(13-16)19-3-2-4-22-24(19)28(21)12-11-27(22)15-23(30)26-25-14-17-6-8-18(29)9-7-17/h5-10,13-14,22,29H,2-4,11-12,15H2,1H3,(H,26,30)/b25-14-/t22-/m0/s1. The lowest BCUT2D eigenvalue weighted by Gasteiger charge is -2.39. The fourth-order valence-electron chi connectivity index (χ4n) is 4.94. The summed E-state index contributed by atoms with van der Waals surface area (Å²) in [4.78, 5) is 14.8. The quantitative estimate of drug-likeness (QED) is 0.518. The molecule has 0 saturated carbocycles. The zero-order chi connectivity index (χ0) is 20.7. The van der Waals surface area contributed by atoms with Gasteiger partial charge in [0.15, 0.2) is 0 Å². The minimum Gasteiger partial charge on any atom is -0.508 e. The Kier molecular flexibility index (Phi) is 4.79. The fourth-order valence-corrected chi connectivity index (χ4v) is 4.94. The van der Waals surface area contributed by atoms with Crippen molar-refractivity contribution in [2.75, 3.05) is 13.1 Å². The summed E-state index contributed by atoms with van der Waals surface area (Å²) in [7, 11) is 0. The van der Waals surface area contributed by atoms with Crippen molar-refractivity contribution in [3.05, 3.63) is 64.8 Å². The van der Waals surface area contributed by atoms with Crippen molar-refractivity contribution < 1.29 is 9.90 Å². The van der Waals surface area contributed by atoms with Crippen LogP contribution in [0.5, 0.6) is 5.75 Å². The molecule has 0 radical (unpaired) electrons. The maximum Gasteiger partial charge on any atom is 0.254 e. The third-order valence-corrected chi connectivity index (χ3v) is 6.28. The molecule has 30 heavy (non-hydrogen) atoms. The number of benzene rings is 2. The summed E-state index contributed by atoms with van der Waals surface area (Å²) >= 11 is 0. The first-order valence-electron chi connectivity index (χ1n) is 10.6. The van der Waals surface area contributed by atoms with Gasteiger partial charge >= 0.3 is 0 Å². The molecule has 2 aliphatic rings. The van der Waals surface area contributed by atoms with E-state index < -0.39 is 0 Å². The van der Waals surface area contributed by atoms with Crippen LogP contribution >= 0.6 is 0 Å². The summed E-state index contributed by atoms with van der Waals surface area (Å²) in [5.41, 5.74) is 8.98. The minimum absolute atomic E-state index is 0.0995. The van der Waals surface area contributed by atoms with Crippen LogP contribution in [0.1, 0.15) is 41.3 Å². The second kappa shape index (κ2) is 7.61. The number of rotatable bonds is 4. The first kappa shape index (κ1) is 18.9. The average molecular weight is 402 g/mol. The normalized spacial score (nSPS) is 18.6. The van der Waals surface area contributed by atoms with Gasteiger partial charge in [0.2, 0.25) is 0 Å². The number of amides is 1. The predicted molar refractivity (Wildman–Crippen MR) is 118 cm³/mol. The highest BCUT2D eigenvalue weighted by atomic mass is 16.3. The highest BCUT2D eigenvalue weighted by Gasteiger charge is 2.35. The third kappa shape index (κ3) is 3.37. The number of carbonyl (C=O) groups is 1. The van der Waals surface area contributed by atoms with Crippen molar-refractivity contribution in [1.82, 2.24) is 14.9 Å². The second-order valence-electron chi connectivity index (χ2n) is 8.30. The molecule has 0 bridgehead atoms. The zero-order valence-electron chi connectivity index (χ0n) is 17.1. The molecule has 1 aliphatic carbocycles. The van der Waals surface area contributed by atoms with Crippen LogP contribution in [-0.4, -0.2) is 39.8 Å². The van der Waals surface area contributed by atoms with Gasteiger partial charge in [-0.3, -0.25) is 9.69 Å². The van der Waals surface area contributed by atoms with Gasteiger partial charge in [0, 0.05) is 29.7 Å². The van der Waals surface area contributed by atoms with Gasteiger partial charge in [0.25, 0.3) is 5.91 Å². The van der Waals surface area contributed by atoms with Crippen molar-refractivity contribution in [3.8, 4) is 5.75 Å². The molecular weight excluding hydrogens is 376 g/mol. The number of nitrogens with one attached hydrogen (secondary N) is 1. The summed E-state index contributed by atoms with van der Waals surface area (Å²) in [6.07, 6.45) is 4.95. The molecular formula is C24H26N4O2. The Balaban J connectivity index is 1.32. The molecule has 0 saturated heterocycles. The van der Waals surface area contributed by atoms with Crippen LogP contribution in [0.3, 0.4) is 0 Å². The van der Waals surface area contributed by atoms with Crippen molar-refractivity contribution >= 4 is 23.0 Å². The Morgan fingerprint density at radius 2 is 2.07 bits per heavy atom. The number of hydrazone groups is 1. The molecule has 1 aliphatic heterocycles. The summed E-state index contributed by atoms with van der Waals surface area (Å²) in [5.74, 6) is 0.110. The number of phenols is 1. The highest BCUT2D eigenvalue weighted by Crippen LogP contribution is 2.42. The van der Waals surface area contributed by atoms with Crippen molar-refractivity contribution in [3.63, 3.8) is 0 Å². The number of hydrogen-bond acceptors (Lipinski definition) is 4. The highest BCUT2D eigenvalue weighted by molar-refractivity contribution is 5.87. The van der Waals surface area contributed by atoms with Gasteiger partial charge < -0.3 is 9.67 Å². The lowest BCUT2D eigenvalue weighted by molar-refractivity contribution is -0.123. The number of aromatic nitrogens is 1. The van der Waals surface area contributed by atoms with Crippen molar-refractivity contribution in [1.29, 1.82) is 0 Å². The van der Waals surface area contributed by atoms with E-state index in [1.54, 1.807) is 30.5 Å². The maximum absolute atomic E-state index is 12.5. The monoisotopic (exact) mass is 402 g/mol. The van der Waals surface area contributed by atoms with Crippen LogP contribution in [0.15, 0.2) is 47.6 Å². The van der Waals surface area contributed by atoms with Crippen LogP contribution in [0, 0.1) is 6.92 Å². The molecule has 1 amide bonds.